The van der Waals surface area contributed by atoms with Gasteiger partial charge >= 0.3 is 6.18 Å². The minimum atomic E-state index is -4.92. The molecule has 0 fully saturated rings. The van der Waals surface area contributed by atoms with Crippen molar-refractivity contribution >= 4 is 23.1 Å². The number of nitrogens with zero attached hydrogens (tertiary/aromatic N) is 4. The molecule has 2 aromatic carbocycles. The number of H-pyrrole nitrogens is 1. The summed E-state index contributed by atoms with van der Waals surface area (Å²) in [7, 11) is 2.00. The fourth-order valence-corrected chi connectivity index (χ4v) is 4.64. The number of hydrogen-bond donors (Lipinski definition) is 4. The van der Waals surface area contributed by atoms with Gasteiger partial charge in [-0.3, -0.25) is 19.2 Å². The molecule has 0 aliphatic carbocycles. The summed E-state index contributed by atoms with van der Waals surface area (Å²) in [5.41, 5.74) is -2.13. The Morgan fingerprint density at radius 3 is 2.50 bits per heavy atom. The van der Waals surface area contributed by atoms with E-state index in [0.29, 0.717) is 37.0 Å². The molecule has 14 heteroatoms. The fraction of sp³-hybridized carbons (Fsp3) is 0.286. The SMILES string of the molecule is Cc1c(-c2cc(Nc3cc4n(n3)CCN(C)C4)c(=O)[nH]n2)ccc(F)c1NC(=O)c1ccc([C@](C)(O)C(F)(F)F)cc1. The molecule has 4 aromatic rings. The molecule has 4 N–H and O–H groups in total. The number of alkyl halides is 3. The molecule has 0 saturated heterocycles. The first-order valence-electron chi connectivity index (χ1n) is 12.9. The molecule has 10 nitrogen and oxygen atoms in total. The van der Waals surface area contributed by atoms with E-state index in [2.05, 4.69) is 30.8 Å². The van der Waals surface area contributed by atoms with E-state index in [9.17, 15) is 32.3 Å². The van der Waals surface area contributed by atoms with Crippen LogP contribution in [0.4, 0.5) is 34.8 Å². The summed E-state index contributed by atoms with van der Waals surface area (Å²) in [6.07, 6.45) is -4.92. The van der Waals surface area contributed by atoms with Gasteiger partial charge in [-0.15, -0.1) is 0 Å². The van der Waals surface area contributed by atoms with E-state index < -0.39 is 34.6 Å². The van der Waals surface area contributed by atoms with Gasteiger partial charge in [0.1, 0.15) is 11.5 Å². The van der Waals surface area contributed by atoms with Crippen molar-refractivity contribution in [2.24, 2.45) is 0 Å². The summed E-state index contributed by atoms with van der Waals surface area (Å²) < 4.78 is 56.2. The Balaban J connectivity index is 1.39. The molecule has 1 aliphatic heterocycles. The second kappa shape index (κ2) is 10.7. The van der Waals surface area contributed by atoms with E-state index in [0.717, 1.165) is 42.6 Å². The zero-order valence-corrected chi connectivity index (χ0v) is 22.8. The van der Waals surface area contributed by atoms with Gasteiger partial charge in [-0.2, -0.15) is 23.4 Å². The summed E-state index contributed by atoms with van der Waals surface area (Å²) >= 11 is 0. The minimum Gasteiger partial charge on any atom is -0.376 e. The fourth-order valence-electron chi connectivity index (χ4n) is 4.64. The van der Waals surface area contributed by atoms with Gasteiger partial charge in [-0.05, 0) is 62.4 Å². The lowest BCUT2D eigenvalue weighted by molar-refractivity contribution is -0.258. The Kier molecular flexibility index (Phi) is 7.37. The molecule has 0 spiro atoms. The summed E-state index contributed by atoms with van der Waals surface area (Å²) in [4.78, 5) is 27.6. The molecular weight excluding hydrogens is 558 g/mol. The summed E-state index contributed by atoms with van der Waals surface area (Å²) in [5.74, 6) is -1.05. The second-order valence-electron chi connectivity index (χ2n) is 10.3. The number of hydrogen-bond acceptors (Lipinski definition) is 7. The van der Waals surface area contributed by atoms with E-state index in [1.807, 2.05) is 17.8 Å². The van der Waals surface area contributed by atoms with Crippen LogP contribution in [-0.4, -0.2) is 55.7 Å². The average molecular weight is 586 g/mol. The predicted molar refractivity (Wildman–Crippen MR) is 147 cm³/mol. The highest BCUT2D eigenvalue weighted by molar-refractivity contribution is 6.05. The number of halogens is 4. The first-order chi connectivity index (χ1) is 19.7. The summed E-state index contributed by atoms with van der Waals surface area (Å²) in [5, 5.41) is 26.3. The number of benzene rings is 2. The first-order valence-corrected chi connectivity index (χ1v) is 12.9. The van der Waals surface area contributed by atoms with Crippen molar-refractivity contribution in [1.29, 1.82) is 0 Å². The third-order valence-corrected chi connectivity index (χ3v) is 7.24. The van der Waals surface area contributed by atoms with Crippen molar-refractivity contribution in [2.75, 3.05) is 24.2 Å². The molecule has 0 bridgehead atoms. The highest BCUT2D eigenvalue weighted by Gasteiger charge is 2.51. The van der Waals surface area contributed by atoms with Gasteiger partial charge in [-0.25, -0.2) is 9.49 Å². The number of aliphatic hydroxyl groups is 1. The summed E-state index contributed by atoms with van der Waals surface area (Å²) in [6.45, 7) is 4.45. The third-order valence-electron chi connectivity index (χ3n) is 7.24. The maximum Gasteiger partial charge on any atom is 0.421 e. The van der Waals surface area contributed by atoms with Gasteiger partial charge in [0.15, 0.2) is 11.4 Å². The lowest BCUT2D eigenvalue weighted by Gasteiger charge is -2.26. The maximum atomic E-state index is 14.9. The van der Waals surface area contributed by atoms with Crippen molar-refractivity contribution in [3.8, 4) is 11.3 Å². The normalized spacial score (nSPS) is 15.1. The number of carbonyl (C=O) groups excluding carboxylic acids is 1. The van der Waals surface area contributed by atoms with E-state index in [1.165, 1.54) is 12.1 Å². The lowest BCUT2D eigenvalue weighted by Crippen LogP contribution is -2.39. The van der Waals surface area contributed by atoms with Crippen molar-refractivity contribution in [3.63, 3.8) is 0 Å². The van der Waals surface area contributed by atoms with Crippen LogP contribution in [0.25, 0.3) is 11.3 Å². The molecule has 0 saturated carbocycles. The number of carbonyl (C=O) groups is 1. The van der Waals surface area contributed by atoms with Crippen molar-refractivity contribution < 1.29 is 27.5 Å². The van der Waals surface area contributed by atoms with Crippen LogP contribution in [0.1, 0.15) is 34.1 Å². The van der Waals surface area contributed by atoms with Crippen molar-refractivity contribution in [3.05, 3.63) is 87.1 Å². The van der Waals surface area contributed by atoms with Gasteiger partial charge in [0.2, 0.25) is 0 Å². The largest absolute Gasteiger partial charge is 0.421 e. The Morgan fingerprint density at radius 1 is 1.10 bits per heavy atom. The Bertz CT molecular complexity index is 1710. The second-order valence-corrected chi connectivity index (χ2v) is 10.3. The number of aromatic nitrogens is 4. The van der Waals surface area contributed by atoms with E-state index in [4.69, 9.17) is 0 Å². The summed E-state index contributed by atoms with van der Waals surface area (Å²) in [6, 6.07) is 10.1. The minimum absolute atomic E-state index is 0.0523. The van der Waals surface area contributed by atoms with Crippen LogP contribution in [0.3, 0.4) is 0 Å². The van der Waals surface area contributed by atoms with Crippen LogP contribution in [0, 0.1) is 12.7 Å². The van der Waals surface area contributed by atoms with Crippen LogP contribution >= 0.6 is 0 Å². The van der Waals surface area contributed by atoms with E-state index in [1.54, 1.807) is 6.92 Å². The van der Waals surface area contributed by atoms with Gasteiger partial charge in [0.25, 0.3) is 11.5 Å². The monoisotopic (exact) mass is 585 g/mol. The molecule has 1 aliphatic rings. The molecule has 0 radical (unpaired) electrons. The maximum absolute atomic E-state index is 14.9. The highest BCUT2D eigenvalue weighted by Crippen LogP contribution is 2.38. The number of amides is 1. The lowest BCUT2D eigenvalue weighted by atomic mass is 9.94. The van der Waals surface area contributed by atoms with Crippen LogP contribution in [0.15, 0.2) is 53.3 Å². The van der Waals surface area contributed by atoms with Crippen LogP contribution in [0.2, 0.25) is 0 Å². The van der Waals surface area contributed by atoms with Crippen molar-refractivity contribution in [1.82, 2.24) is 24.9 Å². The van der Waals surface area contributed by atoms with Gasteiger partial charge in [-0.1, -0.05) is 12.1 Å². The highest BCUT2D eigenvalue weighted by atomic mass is 19.4. The standard InChI is InChI=1S/C28H27F4N7O3/c1-15-19(21-13-22(26(41)36-35-21)33-23-12-18-14-38(3)10-11-39(18)37-23)8-9-20(29)24(15)34-25(40)16-4-6-17(7-5-16)27(2,42)28(30,31)32/h4-9,12-13,42H,10-11,14H2,1-3H3,(H,34,40)(H,36,41)(H,33,35,37)/t27-/m0/s1. The smallest absolute Gasteiger partial charge is 0.376 e. The Morgan fingerprint density at radius 2 is 1.81 bits per heavy atom. The number of fused-ring (bicyclic) bond motifs is 1. The van der Waals surface area contributed by atoms with Crippen LogP contribution in [-0.2, 0) is 18.7 Å². The molecule has 5 rings (SSSR count). The third kappa shape index (κ3) is 5.50. The zero-order chi connectivity index (χ0) is 30.4. The number of nitrogens with one attached hydrogen (secondary N) is 3. The van der Waals surface area contributed by atoms with Gasteiger partial charge in [0, 0.05) is 30.3 Å². The van der Waals surface area contributed by atoms with Gasteiger partial charge < -0.3 is 15.7 Å². The van der Waals surface area contributed by atoms with Crippen LogP contribution in [0.5, 0.6) is 0 Å². The molecule has 220 valence electrons. The first kappa shape index (κ1) is 29.0. The number of aromatic amines is 1. The van der Waals surface area contributed by atoms with E-state index in [-0.39, 0.29) is 22.6 Å². The number of rotatable bonds is 6. The van der Waals surface area contributed by atoms with Crippen LogP contribution < -0.4 is 16.2 Å². The number of anilines is 3. The molecular formula is C28H27F4N7O3. The topological polar surface area (TPSA) is 128 Å². The molecule has 3 heterocycles. The molecule has 1 amide bonds. The van der Waals surface area contributed by atoms with Gasteiger partial charge in [0.05, 0.1) is 23.6 Å². The predicted octanol–water partition coefficient (Wildman–Crippen LogP) is 4.29. The molecule has 42 heavy (non-hydrogen) atoms. The molecule has 1 atom stereocenters. The Hall–Kier alpha value is -4.56. The molecule has 0 unspecified atom stereocenters. The quantitative estimate of drug-likeness (QED) is 0.249. The van der Waals surface area contributed by atoms with Crippen molar-refractivity contribution in [2.45, 2.75) is 38.7 Å². The van der Waals surface area contributed by atoms with E-state index >= 15 is 0 Å². The number of likely N-dealkylation sites (N-methyl/N-ethyl adjacent to an activating group) is 1. The molecule has 2 aromatic heterocycles. The Labute approximate surface area is 237 Å². The average Bonchev–Trinajstić information content (AvgIpc) is 3.33. The zero-order valence-electron chi connectivity index (χ0n) is 22.8.